The molecule has 0 aliphatic heterocycles. The van der Waals surface area contributed by atoms with Crippen molar-refractivity contribution in [1.29, 1.82) is 0 Å². The van der Waals surface area contributed by atoms with Crippen LogP contribution in [0.3, 0.4) is 0 Å². The molecule has 134 valence electrons. The van der Waals surface area contributed by atoms with Crippen molar-refractivity contribution in [3.8, 4) is 11.3 Å². The van der Waals surface area contributed by atoms with E-state index in [0.29, 0.717) is 11.3 Å². The number of aromatic amines is 1. The van der Waals surface area contributed by atoms with Gasteiger partial charge >= 0.3 is 12.1 Å². The number of hydrogen-bond donors (Lipinski definition) is 2. The number of esters is 1. The minimum Gasteiger partial charge on any atom is -0.461 e. The summed E-state index contributed by atoms with van der Waals surface area (Å²) in [5.41, 5.74) is 0.593. The third-order valence-corrected chi connectivity index (χ3v) is 3.38. The van der Waals surface area contributed by atoms with Crippen molar-refractivity contribution >= 4 is 33.7 Å². The molecule has 9 heteroatoms. The summed E-state index contributed by atoms with van der Waals surface area (Å²) >= 11 is 3.37. The number of nitrogens with zero attached hydrogens (tertiary/aromatic N) is 2. The highest BCUT2D eigenvalue weighted by Gasteiger charge is 2.23. The summed E-state index contributed by atoms with van der Waals surface area (Å²) in [7, 11) is 0. The van der Waals surface area contributed by atoms with Crippen LogP contribution in [-0.2, 0) is 9.47 Å². The predicted molar refractivity (Wildman–Crippen MR) is 95.3 cm³/mol. The number of benzene rings is 1. The van der Waals surface area contributed by atoms with Crippen molar-refractivity contribution in [2.45, 2.75) is 33.3 Å². The molecule has 2 N–H and O–H groups in total. The molecule has 0 saturated heterocycles. The fourth-order valence-corrected chi connectivity index (χ4v) is 2.36. The first-order valence-electron chi connectivity index (χ1n) is 7.59. The Bertz CT molecular complexity index is 783. The highest BCUT2D eigenvalue weighted by atomic mass is 79.9. The van der Waals surface area contributed by atoms with Gasteiger partial charge in [0.25, 0.3) is 0 Å². The Morgan fingerprint density at radius 3 is 2.64 bits per heavy atom. The average molecular weight is 411 g/mol. The number of aromatic nitrogens is 3. The molecule has 0 fully saturated rings. The minimum atomic E-state index is -0.635. The van der Waals surface area contributed by atoms with Gasteiger partial charge in [-0.25, -0.2) is 9.59 Å². The number of rotatable bonds is 4. The summed E-state index contributed by atoms with van der Waals surface area (Å²) in [6.07, 6.45) is -0.614. The van der Waals surface area contributed by atoms with Gasteiger partial charge in [-0.05, 0) is 45.9 Å². The maximum Gasteiger partial charge on any atom is 0.412 e. The molecule has 0 atom stereocenters. The van der Waals surface area contributed by atoms with Crippen LogP contribution in [0.4, 0.5) is 10.5 Å². The number of anilines is 1. The molecule has 2 rings (SSSR count). The van der Waals surface area contributed by atoms with Gasteiger partial charge in [0.1, 0.15) is 11.3 Å². The van der Waals surface area contributed by atoms with Crippen molar-refractivity contribution in [2.24, 2.45) is 0 Å². The van der Waals surface area contributed by atoms with Crippen molar-refractivity contribution in [1.82, 2.24) is 15.4 Å². The van der Waals surface area contributed by atoms with Gasteiger partial charge in [0, 0.05) is 10.0 Å². The standard InChI is InChI=1S/C16H19BrN4O4/c1-5-24-14(22)13-12(19-21-20-13)10-8-9(17)6-7-11(10)18-15(23)25-16(2,3)4/h6-8H,5H2,1-4H3,(H,18,23)(H,19,20,21). The SMILES string of the molecule is CCOC(=O)c1n[nH]nc1-c1cc(Br)ccc1NC(=O)OC(C)(C)C. The molecule has 0 saturated carbocycles. The van der Waals surface area contributed by atoms with E-state index in [1.165, 1.54) is 0 Å². The van der Waals surface area contributed by atoms with Crippen LogP contribution in [0.25, 0.3) is 11.3 Å². The summed E-state index contributed by atoms with van der Waals surface area (Å²) in [6, 6.07) is 5.14. The lowest BCUT2D eigenvalue weighted by Crippen LogP contribution is -2.27. The second kappa shape index (κ2) is 7.64. The van der Waals surface area contributed by atoms with Crippen molar-refractivity contribution in [2.75, 3.05) is 11.9 Å². The Morgan fingerprint density at radius 1 is 1.28 bits per heavy atom. The zero-order valence-electron chi connectivity index (χ0n) is 14.3. The monoisotopic (exact) mass is 410 g/mol. The molecule has 0 aliphatic rings. The van der Waals surface area contributed by atoms with Crippen molar-refractivity contribution < 1.29 is 19.1 Å². The number of halogens is 1. The van der Waals surface area contributed by atoms with Gasteiger partial charge in [0.2, 0.25) is 0 Å². The van der Waals surface area contributed by atoms with Crippen LogP contribution >= 0.6 is 15.9 Å². The Balaban J connectivity index is 2.39. The van der Waals surface area contributed by atoms with Crippen molar-refractivity contribution in [3.63, 3.8) is 0 Å². The van der Waals surface area contributed by atoms with E-state index in [1.54, 1.807) is 45.9 Å². The predicted octanol–water partition coefficient (Wildman–Crippen LogP) is 3.76. The average Bonchev–Trinajstić information content (AvgIpc) is 2.96. The number of amides is 1. The van der Waals surface area contributed by atoms with Crippen molar-refractivity contribution in [3.05, 3.63) is 28.4 Å². The first-order valence-corrected chi connectivity index (χ1v) is 8.38. The molecule has 1 aromatic carbocycles. The smallest absolute Gasteiger partial charge is 0.412 e. The Labute approximate surface area is 153 Å². The van der Waals surface area contributed by atoms with E-state index in [-0.39, 0.29) is 18.0 Å². The van der Waals surface area contributed by atoms with E-state index < -0.39 is 17.7 Å². The van der Waals surface area contributed by atoms with Gasteiger partial charge in [-0.3, -0.25) is 5.32 Å². The molecule has 0 spiro atoms. The molecule has 0 bridgehead atoms. The minimum absolute atomic E-state index is 0.0344. The van der Waals surface area contributed by atoms with Crippen LogP contribution in [0.2, 0.25) is 0 Å². The third-order valence-electron chi connectivity index (χ3n) is 2.89. The van der Waals surface area contributed by atoms with E-state index in [4.69, 9.17) is 9.47 Å². The van der Waals surface area contributed by atoms with Gasteiger partial charge in [0.15, 0.2) is 5.69 Å². The lowest BCUT2D eigenvalue weighted by atomic mass is 10.1. The summed E-state index contributed by atoms with van der Waals surface area (Å²) in [5, 5.41) is 13.0. The van der Waals surface area contributed by atoms with E-state index in [9.17, 15) is 9.59 Å². The van der Waals surface area contributed by atoms with E-state index in [0.717, 1.165) is 4.47 Å². The van der Waals surface area contributed by atoms with E-state index in [1.807, 2.05) is 0 Å². The maximum absolute atomic E-state index is 12.1. The van der Waals surface area contributed by atoms with E-state index in [2.05, 4.69) is 36.7 Å². The van der Waals surface area contributed by atoms with Gasteiger partial charge < -0.3 is 9.47 Å². The molecule has 25 heavy (non-hydrogen) atoms. The number of hydrogen-bond acceptors (Lipinski definition) is 6. The third kappa shape index (κ3) is 5.02. The lowest BCUT2D eigenvalue weighted by Gasteiger charge is -2.20. The first kappa shape index (κ1) is 18.9. The summed E-state index contributed by atoms with van der Waals surface area (Å²) in [6.45, 7) is 7.22. The Hall–Kier alpha value is -2.42. The number of nitrogens with one attached hydrogen (secondary N) is 2. The Kier molecular flexibility index (Phi) is 5.78. The molecule has 1 amide bonds. The summed E-state index contributed by atoms with van der Waals surface area (Å²) in [5.74, 6) is -0.602. The molecular weight excluding hydrogens is 392 g/mol. The number of H-pyrrole nitrogens is 1. The van der Waals surface area contributed by atoms with E-state index >= 15 is 0 Å². The highest BCUT2D eigenvalue weighted by Crippen LogP contribution is 2.32. The first-order chi connectivity index (χ1) is 11.7. The zero-order chi connectivity index (χ0) is 18.6. The van der Waals surface area contributed by atoms with Crippen LogP contribution in [0, 0.1) is 0 Å². The van der Waals surface area contributed by atoms with Crippen LogP contribution in [0.5, 0.6) is 0 Å². The molecule has 1 heterocycles. The van der Waals surface area contributed by atoms with Crippen LogP contribution in [0.15, 0.2) is 22.7 Å². The maximum atomic E-state index is 12.1. The molecule has 1 aromatic heterocycles. The van der Waals surface area contributed by atoms with Gasteiger partial charge in [0.05, 0.1) is 12.3 Å². The fourth-order valence-electron chi connectivity index (χ4n) is 2.00. The second-order valence-corrected chi connectivity index (χ2v) is 6.97. The van der Waals surface area contributed by atoms with Crippen LogP contribution in [0.1, 0.15) is 38.2 Å². The van der Waals surface area contributed by atoms with Gasteiger partial charge in [-0.15, -0.1) is 5.10 Å². The number of carbonyl (C=O) groups is 2. The topological polar surface area (TPSA) is 106 Å². The van der Waals surface area contributed by atoms with Crippen LogP contribution in [-0.4, -0.2) is 39.7 Å². The molecule has 0 radical (unpaired) electrons. The van der Waals surface area contributed by atoms with Gasteiger partial charge in [-0.2, -0.15) is 10.3 Å². The Morgan fingerprint density at radius 2 is 2.00 bits per heavy atom. The zero-order valence-corrected chi connectivity index (χ0v) is 15.9. The van der Waals surface area contributed by atoms with Gasteiger partial charge in [-0.1, -0.05) is 15.9 Å². The number of ether oxygens (including phenoxy) is 2. The molecule has 0 unspecified atom stereocenters. The summed E-state index contributed by atoms with van der Waals surface area (Å²) in [4.78, 5) is 24.1. The largest absolute Gasteiger partial charge is 0.461 e. The molecule has 8 nitrogen and oxygen atoms in total. The van der Waals surface area contributed by atoms with Crippen LogP contribution < -0.4 is 5.32 Å². The molecule has 0 aliphatic carbocycles. The fraction of sp³-hybridized carbons (Fsp3) is 0.375. The second-order valence-electron chi connectivity index (χ2n) is 6.06. The summed E-state index contributed by atoms with van der Waals surface area (Å²) < 4.78 is 11.0. The lowest BCUT2D eigenvalue weighted by molar-refractivity contribution is 0.0519. The quantitative estimate of drug-likeness (QED) is 0.743. The molecular formula is C16H19BrN4O4. The normalized spacial score (nSPS) is 11.1. The number of carbonyl (C=O) groups excluding carboxylic acids is 2. The molecule has 2 aromatic rings. The highest BCUT2D eigenvalue weighted by molar-refractivity contribution is 9.10.